The number of rotatable bonds is 4. The van der Waals surface area contributed by atoms with Crippen molar-refractivity contribution in [2.24, 2.45) is 0 Å². The van der Waals surface area contributed by atoms with Gasteiger partial charge in [0.25, 0.3) is 0 Å². The van der Waals surface area contributed by atoms with E-state index in [4.69, 9.17) is 5.11 Å². The lowest BCUT2D eigenvalue weighted by Gasteiger charge is -2.32. The number of methoxy groups -OCH3 is 1. The molecule has 0 bridgehead atoms. The number of nitrogens with zero attached hydrogens (tertiary/aromatic N) is 1. The van der Waals surface area contributed by atoms with Crippen LogP contribution in [0.25, 0.3) is 0 Å². The number of amides is 4. The molecule has 4 amide bonds. The Labute approximate surface area is 108 Å². The van der Waals surface area contributed by atoms with E-state index < -0.39 is 35.9 Å². The lowest BCUT2D eigenvalue weighted by atomic mass is 10.2. The number of ether oxygens (including phenoxy) is 1. The van der Waals surface area contributed by atoms with Crippen LogP contribution in [0.15, 0.2) is 0 Å². The van der Waals surface area contributed by atoms with E-state index in [1.807, 2.05) is 0 Å². The van der Waals surface area contributed by atoms with Gasteiger partial charge in [-0.3, -0.25) is 14.9 Å². The summed E-state index contributed by atoms with van der Waals surface area (Å²) < 4.78 is 4.66. The third kappa shape index (κ3) is 3.65. The highest BCUT2D eigenvalue weighted by atomic mass is 16.5. The molecule has 1 saturated heterocycles. The number of imide groups is 1. The van der Waals surface area contributed by atoms with Gasteiger partial charge in [0.05, 0.1) is 6.61 Å². The zero-order valence-corrected chi connectivity index (χ0v) is 10.5. The maximum absolute atomic E-state index is 11.9. The van der Waals surface area contributed by atoms with Crippen LogP contribution in [0.5, 0.6) is 0 Å². The second-order valence-electron chi connectivity index (χ2n) is 4.01. The standard InChI is InChI=1S/C10H15N3O6/c1-5-8(15)12-7(14)3-13(5)10(18)11-6(4-19-2)9(16)17/h5-6H,3-4H2,1-2H3,(H,11,18)(H,16,17)(H,12,14,15). The van der Waals surface area contributed by atoms with Crippen molar-refractivity contribution in [3.05, 3.63) is 0 Å². The summed E-state index contributed by atoms with van der Waals surface area (Å²) in [5, 5.41) is 13.1. The number of piperazine rings is 1. The fourth-order valence-corrected chi connectivity index (χ4v) is 1.54. The van der Waals surface area contributed by atoms with Crippen molar-refractivity contribution >= 4 is 23.8 Å². The number of aliphatic carboxylic acids is 1. The van der Waals surface area contributed by atoms with Gasteiger partial charge in [0, 0.05) is 7.11 Å². The van der Waals surface area contributed by atoms with Crippen molar-refractivity contribution < 1.29 is 29.0 Å². The van der Waals surface area contributed by atoms with Gasteiger partial charge >= 0.3 is 12.0 Å². The molecule has 19 heavy (non-hydrogen) atoms. The third-order valence-electron chi connectivity index (χ3n) is 2.61. The van der Waals surface area contributed by atoms with Crippen molar-refractivity contribution in [3.8, 4) is 0 Å². The zero-order valence-electron chi connectivity index (χ0n) is 10.5. The summed E-state index contributed by atoms with van der Waals surface area (Å²) in [6.45, 7) is 0.912. The number of carbonyl (C=O) groups is 4. The van der Waals surface area contributed by atoms with Crippen molar-refractivity contribution in [1.82, 2.24) is 15.5 Å². The summed E-state index contributed by atoms with van der Waals surface area (Å²) >= 11 is 0. The molecule has 1 heterocycles. The normalized spacial score (nSPS) is 20.7. The predicted octanol–water partition coefficient (Wildman–Crippen LogP) is -1.86. The second kappa shape index (κ2) is 6.14. The average Bonchev–Trinajstić information content (AvgIpc) is 2.32. The first kappa shape index (κ1) is 14.9. The fourth-order valence-electron chi connectivity index (χ4n) is 1.54. The van der Waals surface area contributed by atoms with Crippen LogP contribution in [0.4, 0.5) is 4.79 Å². The van der Waals surface area contributed by atoms with Crippen LogP contribution in [0, 0.1) is 0 Å². The van der Waals surface area contributed by atoms with Gasteiger partial charge in [-0.2, -0.15) is 0 Å². The van der Waals surface area contributed by atoms with Crippen LogP contribution in [-0.2, 0) is 19.1 Å². The van der Waals surface area contributed by atoms with E-state index in [9.17, 15) is 19.2 Å². The topological polar surface area (TPSA) is 125 Å². The lowest BCUT2D eigenvalue weighted by molar-refractivity contribution is -0.140. The molecule has 9 heteroatoms. The number of hydrogen-bond acceptors (Lipinski definition) is 5. The number of carbonyl (C=O) groups excluding carboxylic acids is 3. The monoisotopic (exact) mass is 273 g/mol. The molecule has 2 atom stereocenters. The zero-order chi connectivity index (χ0) is 14.6. The minimum absolute atomic E-state index is 0.219. The van der Waals surface area contributed by atoms with Crippen LogP contribution in [0.3, 0.4) is 0 Å². The van der Waals surface area contributed by atoms with Crippen molar-refractivity contribution in [1.29, 1.82) is 0 Å². The van der Waals surface area contributed by atoms with Crippen LogP contribution >= 0.6 is 0 Å². The molecule has 3 N–H and O–H groups in total. The lowest BCUT2D eigenvalue weighted by Crippen LogP contribution is -2.62. The molecular weight excluding hydrogens is 258 g/mol. The number of nitrogens with one attached hydrogen (secondary N) is 2. The van der Waals surface area contributed by atoms with E-state index >= 15 is 0 Å². The van der Waals surface area contributed by atoms with Gasteiger partial charge in [0.2, 0.25) is 11.8 Å². The van der Waals surface area contributed by atoms with E-state index in [0.717, 1.165) is 4.90 Å². The van der Waals surface area contributed by atoms with E-state index in [1.165, 1.54) is 14.0 Å². The number of carboxylic acids is 1. The SMILES string of the molecule is COCC(NC(=O)N1CC(=O)NC(=O)C1C)C(=O)O. The molecule has 0 aliphatic carbocycles. The Hall–Kier alpha value is -2.16. The fraction of sp³-hybridized carbons (Fsp3) is 0.600. The van der Waals surface area contributed by atoms with Crippen LogP contribution in [0.1, 0.15) is 6.92 Å². The molecule has 1 fully saturated rings. The van der Waals surface area contributed by atoms with E-state index in [-0.39, 0.29) is 13.2 Å². The summed E-state index contributed by atoms with van der Waals surface area (Å²) in [7, 11) is 1.29. The summed E-state index contributed by atoms with van der Waals surface area (Å²) in [5.74, 6) is -2.49. The van der Waals surface area contributed by atoms with Gasteiger partial charge in [-0.05, 0) is 6.92 Å². The summed E-state index contributed by atoms with van der Waals surface area (Å²) in [6.07, 6.45) is 0. The van der Waals surface area contributed by atoms with Gasteiger partial charge < -0.3 is 20.1 Å². The van der Waals surface area contributed by atoms with E-state index in [1.54, 1.807) is 0 Å². The molecular formula is C10H15N3O6. The van der Waals surface area contributed by atoms with Crippen LogP contribution in [-0.4, -0.2) is 66.2 Å². The molecule has 0 aromatic heterocycles. The highest BCUT2D eigenvalue weighted by Crippen LogP contribution is 2.05. The molecule has 0 saturated carbocycles. The maximum Gasteiger partial charge on any atom is 0.328 e. The molecule has 0 radical (unpaired) electrons. The first-order valence-corrected chi connectivity index (χ1v) is 5.49. The Morgan fingerprint density at radius 2 is 2.21 bits per heavy atom. The Morgan fingerprint density at radius 3 is 2.74 bits per heavy atom. The average molecular weight is 273 g/mol. The van der Waals surface area contributed by atoms with Gasteiger partial charge in [-0.1, -0.05) is 0 Å². The number of hydrogen-bond donors (Lipinski definition) is 3. The van der Waals surface area contributed by atoms with Crippen LogP contribution in [0.2, 0.25) is 0 Å². The second-order valence-corrected chi connectivity index (χ2v) is 4.01. The predicted molar refractivity (Wildman–Crippen MR) is 61.1 cm³/mol. The Bertz CT molecular complexity index is 410. The van der Waals surface area contributed by atoms with E-state index in [2.05, 4.69) is 15.4 Å². The summed E-state index contributed by atoms with van der Waals surface area (Å²) in [6, 6.07) is -2.90. The maximum atomic E-state index is 11.9. The van der Waals surface area contributed by atoms with Crippen molar-refractivity contribution in [3.63, 3.8) is 0 Å². The number of carboxylic acid groups (broad SMARTS) is 1. The van der Waals surface area contributed by atoms with Crippen molar-refractivity contribution in [2.75, 3.05) is 20.3 Å². The van der Waals surface area contributed by atoms with Crippen molar-refractivity contribution in [2.45, 2.75) is 19.0 Å². The molecule has 0 spiro atoms. The Kier molecular flexibility index (Phi) is 4.81. The van der Waals surface area contributed by atoms with Gasteiger partial charge in [0.15, 0.2) is 6.04 Å². The van der Waals surface area contributed by atoms with E-state index in [0.29, 0.717) is 0 Å². The molecule has 1 rings (SSSR count). The quantitative estimate of drug-likeness (QED) is 0.516. The highest BCUT2D eigenvalue weighted by molar-refractivity contribution is 6.04. The molecule has 0 aromatic carbocycles. The van der Waals surface area contributed by atoms with Crippen LogP contribution < -0.4 is 10.6 Å². The minimum atomic E-state index is -1.27. The summed E-state index contributed by atoms with van der Waals surface area (Å²) in [5.41, 5.74) is 0. The molecule has 0 aromatic rings. The third-order valence-corrected chi connectivity index (χ3v) is 2.61. The Morgan fingerprint density at radius 1 is 1.58 bits per heavy atom. The highest BCUT2D eigenvalue weighted by Gasteiger charge is 2.35. The molecule has 1 aliphatic heterocycles. The first-order chi connectivity index (χ1) is 8.86. The van der Waals surface area contributed by atoms with Gasteiger partial charge in [0.1, 0.15) is 12.6 Å². The summed E-state index contributed by atoms with van der Waals surface area (Å²) in [4.78, 5) is 46.2. The smallest absolute Gasteiger partial charge is 0.328 e. The van der Waals surface area contributed by atoms with Gasteiger partial charge in [-0.15, -0.1) is 0 Å². The molecule has 106 valence electrons. The minimum Gasteiger partial charge on any atom is -0.480 e. The van der Waals surface area contributed by atoms with Gasteiger partial charge in [-0.25, -0.2) is 9.59 Å². The molecule has 2 unspecified atom stereocenters. The largest absolute Gasteiger partial charge is 0.480 e. The molecule has 9 nitrogen and oxygen atoms in total. The molecule has 1 aliphatic rings. The first-order valence-electron chi connectivity index (χ1n) is 5.49. The Balaban J connectivity index is 2.72. The number of urea groups is 1.